The number of benzene rings is 1. The molecule has 2 atom stereocenters. The number of ether oxygens (including phenoxy) is 1. The monoisotopic (exact) mass is 306 g/mol. The van der Waals surface area contributed by atoms with Crippen molar-refractivity contribution in [1.82, 2.24) is 5.32 Å². The van der Waals surface area contributed by atoms with E-state index in [-0.39, 0.29) is 12.1 Å². The van der Waals surface area contributed by atoms with Crippen molar-refractivity contribution in [3.63, 3.8) is 0 Å². The number of anilines is 1. The van der Waals surface area contributed by atoms with E-state index < -0.39 is 0 Å². The van der Waals surface area contributed by atoms with Crippen LogP contribution in [0.25, 0.3) is 0 Å². The van der Waals surface area contributed by atoms with E-state index in [1.165, 1.54) is 5.56 Å². The van der Waals surface area contributed by atoms with E-state index in [2.05, 4.69) is 24.5 Å². The second-order valence-corrected chi connectivity index (χ2v) is 6.50. The Morgan fingerprint density at radius 2 is 2.09 bits per heavy atom. The van der Waals surface area contributed by atoms with Crippen LogP contribution < -0.4 is 15.5 Å². The van der Waals surface area contributed by atoms with Crippen LogP contribution in [0.2, 0.25) is 0 Å². The molecule has 5 heteroatoms. The highest BCUT2D eigenvalue weighted by molar-refractivity contribution is 5.89. The fraction of sp³-hybridized carbons (Fsp3) is 0.588. The molecular formula is C17H28N3O2+. The summed E-state index contributed by atoms with van der Waals surface area (Å²) in [6.45, 7) is 11.0. The maximum absolute atomic E-state index is 11.9. The van der Waals surface area contributed by atoms with Gasteiger partial charge in [0.1, 0.15) is 19.2 Å². The van der Waals surface area contributed by atoms with Gasteiger partial charge in [0.25, 0.3) is 0 Å². The van der Waals surface area contributed by atoms with Crippen LogP contribution in [0, 0.1) is 12.8 Å². The number of hydrogen-bond donors (Lipinski definition) is 3. The third-order valence-electron chi connectivity index (χ3n) is 3.82. The zero-order chi connectivity index (χ0) is 15.9. The number of urea groups is 1. The lowest BCUT2D eigenvalue weighted by molar-refractivity contribution is -0.914. The molecule has 0 spiro atoms. The SMILES string of the molecule is Cc1ccc(NC(=O)NC[C@H]2C[NH+](CC(C)C)CCO2)cc1. The molecule has 1 unspecified atom stereocenters. The summed E-state index contributed by atoms with van der Waals surface area (Å²) in [5, 5.41) is 5.74. The molecule has 1 saturated heterocycles. The number of rotatable bonds is 5. The summed E-state index contributed by atoms with van der Waals surface area (Å²) in [6, 6.07) is 7.59. The Morgan fingerprint density at radius 1 is 1.36 bits per heavy atom. The molecular weight excluding hydrogens is 278 g/mol. The molecule has 2 amide bonds. The quantitative estimate of drug-likeness (QED) is 0.762. The lowest BCUT2D eigenvalue weighted by atomic mass is 10.2. The molecule has 122 valence electrons. The van der Waals surface area contributed by atoms with Gasteiger partial charge in [0.05, 0.1) is 19.7 Å². The first kappa shape index (κ1) is 16.8. The first-order valence-corrected chi connectivity index (χ1v) is 8.09. The van der Waals surface area contributed by atoms with Crippen molar-refractivity contribution < 1.29 is 14.4 Å². The van der Waals surface area contributed by atoms with Gasteiger partial charge >= 0.3 is 6.03 Å². The van der Waals surface area contributed by atoms with E-state index in [0.717, 1.165) is 31.9 Å². The van der Waals surface area contributed by atoms with Crippen molar-refractivity contribution in [2.75, 3.05) is 38.1 Å². The van der Waals surface area contributed by atoms with E-state index >= 15 is 0 Å². The highest BCUT2D eigenvalue weighted by atomic mass is 16.5. The standard InChI is InChI=1S/C17H27N3O2/c1-13(2)11-20-8-9-22-16(12-20)10-18-17(21)19-15-6-4-14(3)5-7-15/h4-7,13,16H,8-12H2,1-3H3,(H2,18,19,21)/p+1/t16-/m0/s1. The number of carbonyl (C=O) groups excluding carboxylic acids is 1. The average Bonchev–Trinajstić information content (AvgIpc) is 2.47. The molecule has 1 aliphatic heterocycles. The summed E-state index contributed by atoms with van der Waals surface area (Å²) < 4.78 is 5.74. The second-order valence-electron chi connectivity index (χ2n) is 6.50. The highest BCUT2D eigenvalue weighted by Crippen LogP contribution is 2.08. The number of hydrogen-bond acceptors (Lipinski definition) is 2. The van der Waals surface area contributed by atoms with Gasteiger partial charge in [-0.1, -0.05) is 31.5 Å². The van der Waals surface area contributed by atoms with Crippen LogP contribution in [-0.4, -0.2) is 44.9 Å². The average molecular weight is 306 g/mol. The first-order valence-electron chi connectivity index (χ1n) is 8.09. The van der Waals surface area contributed by atoms with Crippen LogP contribution in [0.3, 0.4) is 0 Å². The zero-order valence-corrected chi connectivity index (χ0v) is 13.8. The molecule has 1 heterocycles. The highest BCUT2D eigenvalue weighted by Gasteiger charge is 2.24. The Labute approximate surface area is 133 Å². The molecule has 2 rings (SSSR count). The van der Waals surface area contributed by atoms with E-state index in [9.17, 15) is 4.79 Å². The third kappa shape index (κ3) is 5.66. The molecule has 22 heavy (non-hydrogen) atoms. The number of carbonyl (C=O) groups is 1. The van der Waals surface area contributed by atoms with Crippen molar-refractivity contribution in [3.05, 3.63) is 29.8 Å². The lowest BCUT2D eigenvalue weighted by Crippen LogP contribution is -3.15. The molecule has 0 aliphatic carbocycles. The number of nitrogens with one attached hydrogen (secondary N) is 3. The van der Waals surface area contributed by atoms with E-state index in [1.807, 2.05) is 31.2 Å². The maximum Gasteiger partial charge on any atom is 0.319 e. The fourth-order valence-corrected chi connectivity index (χ4v) is 2.77. The number of amides is 2. The molecule has 0 saturated carbocycles. The number of morpholine rings is 1. The molecule has 1 fully saturated rings. The summed E-state index contributed by atoms with van der Waals surface area (Å²) >= 11 is 0. The molecule has 1 aromatic rings. The minimum atomic E-state index is -0.177. The van der Waals surface area contributed by atoms with Gasteiger partial charge in [-0.05, 0) is 19.1 Å². The minimum Gasteiger partial charge on any atom is -0.365 e. The van der Waals surface area contributed by atoms with Crippen molar-refractivity contribution in [2.45, 2.75) is 26.9 Å². The Bertz CT molecular complexity index is 473. The van der Waals surface area contributed by atoms with Crippen molar-refractivity contribution in [1.29, 1.82) is 0 Å². The molecule has 0 aromatic heterocycles. The van der Waals surface area contributed by atoms with Gasteiger partial charge in [0.2, 0.25) is 0 Å². The zero-order valence-electron chi connectivity index (χ0n) is 13.8. The Balaban J connectivity index is 1.72. The van der Waals surface area contributed by atoms with E-state index in [4.69, 9.17) is 4.74 Å². The van der Waals surface area contributed by atoms with Crippen LogP contribution in [0.1, 0.15) is 19.4 Å². The molecule has 0 radical (unpaired) electrons. The van der Waals surface area contributed by atoms with Crippen molar-refractivity contribution in [2.24, 2.45) is 5.92 Å². The smallest absolute Gasteiger partial charge is 0.319 e. The molecule has 3 N–H and O–H groups in total. The number of aryl methyl sites for hydroxylation is 1. The fourth-order valence-electron chi connectivity index (χ4n) is 2.77. The van der Waals surface area contributed by atoms with Gasteiger partial charge in [0.15, 0.2) is 0 Å². The topological polar surface area (TPSA) is 54.8 Å². The molecule has 1 aromatic carbocycles. The second kappa shape index (κ2) is 8.15. The van der Waals surface area contributed by atoms with Gasteiger partial charge in [-0.15, -0.1) is 0 Å². The maximum atomic E-state index is 11.9. The van der Waals surface area contributed by atoms with Gasteiger partial charge in [-0.3, -0.25) is 0 Å². The summed E-state index contributed by atoms with van der Waals surface area (Å²) in [7, 11) is 0. The lowest BCUT2D eigenvalue weighted by Gasteiger charge is -2.31. The summed E-state index contributed by atoms with van der Waals surface area (Å²) in [6.07, 6.45) is 0.103. The van der Waals surface area contributed by atoms with Crippen LogP contribution >= 0.6 is 0 Å². The summed E-state index contributed by atoms with van der Waals surface area (Å²) in [5.74, 6) is 0.687. The van der Waals surface area contributed by atoms with Gasteiger partial charge < -0.3 is 20.3 Å². The molecule has 1 aliphatic rings. The molecule has 5 nitrogen and oxygen atoms in total. The van der Waals surface area contributed by atoms with Gasteiger partial charge in [0, 0.05) is 11.6 Å². The van der Waals surface area contributed by atoms with Crippen LogP contribution in [0.4, 0.5) is 10.5 Å². The normalized spacial score (nSPS) is 21.6. The summed E-state index contributed by atoms with van der Waals surface area (Å²) in [5.41, 5.74) is 1.98. The minimum absolute atomic E-state index is 0.103. The molecule has 0 bridgehead atoms. The predicted molar refractivity (Wildman–Crippen MR) is 88.3 cm³/mol. The van der Waals surface area contributed by atoms with E-state index in [1.54, 1.807) is 4.90 Å². The Hall–Kier alpha value is -1.59. The first-order chi connectivity index (χ1) is 10.5. The number of quaternary nitrogens is 1. The summed E-state index contributed by atoms with van der Waals surface area (Å²) in [4.78, 5) is 13.5. The Kier molecular flexibility index (Phi) is 6.21. The van der Waals surface area contributed by atoms with E-state index in [0.29, 0.717) is 12.5 Å². The van der Waals surface area contributed by atoms with Crippen molar-refractivity contribution in [3.8, 4) is 0 Å². The van der Waals surface area contributed by atoms with Gasteiger partial charge in [-0.2, -0.15) is 0 Å². The van der Waals surface area contributed by atoms with Crippen LogP contribution in [0.5, 0.6) is 0 Å². The van der Waals surface area contributed by atoms with Crippen molar-refractivity contribution >= 4 is 11.7 Å². The van der Waals surface area contributed by atoms with Crippen LogP contribution in [-0.2, 0) is 4.74 Å². The largest absolute Gasteiger partial charge is 0.365 e. The predicted octanol–water partition coefficient (Wildman–Crippen LogP) is 1.06. The third-order valence-corrected chi connectivity index (χ3v) is 3.82. The Morgan fingerprint density at radius 3 is 2.77 bits per heavy atom. The van der Waals surface area contributed by atoms with Crippen LogP contribution in [0.15, 0.2) is 24.3 Å². The van der Waals surface area contributed by atoms with Gasteiger partial charge in [-0.25, -0.2) is 4.79 Å².